The minimum absolute atomic E-state index is 0.273. The summed E-state index contributed by atoms with van der Waals surface area (Å²) in [5.74, 6) is 1.30. The van der Waals surface area contributed by atoms with Gasteiger partial charge < -0.3 is 19.9 Å². The van der Waals surface area contributed by atoms with Gasteiger partial charge >= 0.3 is 0 Å². The van der Waals surface area contributed by atoms with Crippen LogP contribution in [-0.4, -0.2) is 47.2 Å². The molecule has 6 nitrogen and oxygen atoms in total. The van der Waals surface area contributed by atoms with Crippen LogP contribution in [0.4, 0.5) is 0 Å². The van der Waals surface area contributed by atoms with Crippen molar-refractivity contribution in [3.63, 3.8) is 0 Å². The molecule has 0 aliphatic carbocycles. The summed E-state index contributed by atoms with van der Waals surface area (Å²) in [6, 6.07) is 11.6. The lowest BCUT2D eigenvalue weighted by Gasteiger charge is -2.16. The van der Waals surface area contributed by atoms with Crippen LogP contribution in [-0.2, 0) is 6.42 Å². The summed E-state index contributed by atoms with van der Waals surface area (Å²) in [4.78, 5) is 0. The number of aryl methyl sites for hydroxylation is 1. The number of aliphatic hydroxyl groups excluding tert-OH is 1. The number of benzene rings is 1. The second-order valence-corrected chi connectivity index (χ2v) is 7.02. The maximum Gasteiger partial charge on any atom is 0.233 e. The molecule has 1 atom stereocenters. The number of para-hydroxylation sites is 1. The van der Waals surface area contributed by atoms with Gasteiger partial charge in [-0.15, -0.1) is 10.2 Å². The van der Waals surface area contributed by atoms with Crippen molar-refractivity contribution in [2.24, 2.45) is 0 Å². The monoisotopic (exact) mass is 393 g/mol. The quantitative estimate of drug-likeness (QED) is 0.539. The molecule has 0 aliphatic heterocycles. The fourth-order valence-corrected chi connectivity index (χ4v) is 2.54. The molecule has 2 rings (SSSR count). The number of nitrogens with zero attached hydrogens (tertiary/aromatic N) is 2. The van der Waals surface area contributed by atoms with E-state index in [2.05, 4.69) is 21.6 Å². The number of hydrogen-bond acceptors (Lipinski definition) is 6. The number of nitrogens with one attached hydrogen (secondary N) is 1. The van der Waals surface area contributed by atoms with Crippen LogP contribution in [0.3, 0.4) is 0 Å². The molecule has 7 heteroatoms. The van der Waals surface area contributed by atoms with Crippen molar-refractivity contribution < 1.29 is 14.6 Å². The molecule has 1 heterocycles. The van der Waals surface area contributed by atoms with Crippen LogP contribution < -0.4 is 14.8 Å². The predicted octanol–water partition coefficient (Wildman–Crippen LogP) is 3.27. The van der Waals surface area contributed by atoms with E-state index in [1.54, 1.807) is 12.1 Å². The third-order valence-electron chi connectivity index (χ3n) is 3.86. The van der Waals surface area contributed by atoms with Crippen molar-refractivity contribution in [1.29, 1.82) is 0 Å². The molecule has 1 aromatic heterocycles. The molecule has 0 bridgehead atoms. The second-order valence-electron chi connectivity index (χ2n) is 6.64. The topological polar surface area (TPSA) is 76.5 Å². The first-order chi connectivity index (χ1) is 13.0. The average Bonchev–Trinajstić information content (AvgIpc) is 2.66. The number of aromatic nitrogens is 2. The first-order valence-corrected chi connectivity index (χ1v) is 9.66. The lowest BCUT2D eigenvalue weighted by atomic mass is 10.1. The summed E-state index contributed by atoms with van der Waals surface area (Å²) in [6.45, 7) is 5.46. The Morgan fingerprint density at radius 3 is 2.63 bits per heavy atom. The van der Waals surface area contributed by atoms with Gasteiger partial charge in [0.25, 0.3) is 0 Å². The van der Waals surface area contributed by atoms with Gasteiger partial charge in [0.05, 0.1) is 6.61 Å². The molecule has 0 fully saturated rings. The van der Waals surface area contributed by atoms with E-state index in [-0.39, 0.29) is 6.61 Å². The Morgan fingerprint density at radius 1 is 1.07 bits per heavy atom. The van der Waals surface area contributed by atoms with Gasteiger partial charge in [0, 0.05) is 18.7 Å². The summed E-state index contributed by atoms with van der Waals surface area (Å²) in [5.41, 5.74) is 1.13. The summed E-state index contributed by atoms with van der Waals surface area (Å²) < 4.78 is 11.4. The van der Waals surface area contributed by atoms with Gasteiger partial charge in [0.1, 0.15) is 18.5 Å². The number of ether oxygens (including phenoxy) is 2. The van der Waals surface area contributed by atoms with Crippen molar-refractivity contribution >= 4 is 11.6 Å². The Morgan fingerprint density at radius 2 is 1.89 bits per heavy atom. The third kappa shape index (κ3) is 8.56. The molecular weight excluding hydrogens is 366 g/mol. The molecule has 148 valence electrons. The largest absolute Gasteiger partial charge is 0.491 e. The highest BCUT2D eigenvalue weighted by Gasteiger charge is 2.08. The lowest BCUT2D eigenvalue weighted by molar-refractivity contribution is 0.104. The van der Waals surface area contributed by atoms with E-state index >= 15 is 0 Å². The van der Waals surface area contributed by atoms with Crippen molar-refractivity contribution in [2.75, 3.05) is 19.8 Å². The summed E-state index contributed by atoms with van der Waals surface area (Å²) in [7, 11) is 0. The fraction of sp³-hybridized carbons (Fsp3) is 0.500. The Balaban J connectivity index is 1.70. The first-order valence-electron chi connectivity index (χ1n) is 9.29. The highest BCUT2D eigenvalue weighted by Crippen LogP contribution is 2.20. The molecule has 0 amide bonds. The molecule has 2 N–H and O–H groups in total. The van der Waals surface area contributed by atoms with Crippen molar-refractivity contribution in [1.82, 2.24) is 15.5 Å². The van der Waals surface area contributed by atoms with Gasteiger partial charge in [0.15, 0.2) is 5.15 Å². The maximum atomic E-state index is 10.00. The van der Waals surface area contributed by atoms with Crippen LogP contribution in [0, 0.1) is 0 Å². The molecule has 0 saturated carbocycles. The Labute approximate surface area is 165 Å². The van der Waals surface area contributed by atoms with Crippen LogP contribution in [0.2, 0.25) is 5.15 Å². The van der Waals surface area contributed by atoms with Crippen molar-refractivity contribution in [2.45, 2.75) is 45.3 Å². The zero-order chi connectivity index (χ0) is 19.5. The highest BCUT2D eigenvalue weighted by atomic mass is 35.5. The molecule has 0 aliphatic rings. The normalized spacial score (nSPS) is 12.2. The van der Waals surface area contributed by atoms with Crippen LogP contribution in [0.25, 0.3) is 0 Å². The van der Waals surface area contributed by atoms with E-state index in [1.807, 2.05) is 32.0 Å². The maximum absolute atomic E-state index is 10.00. The van der Waals surface area contributed by atoms with E-state index in [1.165, 1.54) is 0 Å². The minimum Gasteiger partial charge on any atom is -0.491 e. The zero-order valence-corrected chi connectivity index (χ0v) is 16.7. The van der Waals surface area contributed by atoms with E-state index in [0.29, 0.717) is 30.2 Å². The number of hydrogen-bond donors (Lipinski definition) is 2. The SMILES string of the molecule is CC(C)NCC(O)COc1ccccc1CCCCOc1ccc(Cl)nn1. The highest BCUT2D eigenvalue weighted by molar-refractivity contribution is 6.29. The second kappa shape index (κ2) is 11.7. The van der Waals surface area contributed by atoms with E-state index in [0.717, 1.165) is 30.6 Å². The van der Waals surface area contributed by atoms with Gasteiger partial charge in [-0.3, -0.25) is 0 Å². The molecular formula is C20H28ClN3O3. The lowest BCUT2D eigenvalue weighted by Crippen LogP contribution is -2.35. The summed E-state index contributed by atoms with van der Waals surface area (Å²) >= 11 is 5.69. The number of aliphatic hydroxyl groups is 1. The summed E-state index contributed by atoms with van der Waals surface area (Å²) in [6.07, 6.45) is 2.19. The van der Waals surface area contributed by atoms with Crippen LogP contribution in [0.1, 0.15) is 32.3 Å². The first kappa shape index (κ1) is 21.4. The molecule has 1 unspecified atom stereocenters. The van der Waals surface area contributed by atoms with E-state index in [4.69, 9.17) is 21.1 Å². The van der Waals surface area contributed by atoms with E-state index < -0.39 is 6.10 Å². The van der Waals surface area contributed by atoms with Crippen LogP contribution in [0.5, 0.6) is 11.6 Å². The van der Waals surface area contributed by atoms with Gasteiger partial charge in [-0.25, -0.2) is 0 Å². The minimum atomic E-state index is -0.533. The summed E-state index contributed by atoms with van der Waals surface area (Å²) in [5, 5.41) is 21.2. The number of halogens is 1. The predicted molar refractivity (Wildman–Crippen MR) is 107 cm³/mol. The van der Waals surface area contributed by atoms with Gasteiger partial charge in [-0.05, 0) is 37.0 Å². The smallest absolute Gasteiger partial charge is 0.233 e. The Bertz CT molecular complexity index is 668. The third-order valence-corrected chi connectivity index (χ3v) is 4.07. The van der Waals surface area contributed by atoms with Crippen LogP contribution in [0.15, 0.2) is 36.4 Å². The average molecular weight is 394 g/mol. The molecule has 2 aromatic rings. The van der Waals surface area contributed by atoms with Gasteiger partial charge in [-0.1, -0.05) is 43.6 Å². The molecule has 1 aromatic carbocycles. The molecule has 0 saturated heterocycles. The van der Waals surface area contributed by atoms with Gasteiger partial charge in [-0.2, -0.15) is 0 Å². The van der Waals surface area contributed by atoms with E-state index in [9.17, 15) is 5.11 Å². The molecule has 0 radical (unpaired) electrons. The Kier molecular flexibility index (Phi) is 9.31. The van der Waals surface area contributed by atoms with Crippen molar-refractivity contribution in [3.8, 4) is 11.6 Å². The fourth-order valence-electron chi connectivity index (χ4n) is 2.44. The Hall–Kier alpha value is -1.89. The number of rotatable bonds is 12. The zero-order valence-electron chi connectivity index (χ0n) is 15.9. The van der Waals surface area contributed by atoms with Gasteiger partial charge in [0.2, 0.25) is 5.88 Å². The van der Waals surface area contributed by atoms with Crippen LogP contribution >= 0.6 is 11.6 Å². The molecule has 0 spiro atoms. The van der Waals surface area contributed by atoms with Crippen molar-refractivity contribution in [3.05, 3.63) is 47.1 Å². The number of unbranched alkanes of at least 4 members (excludes halogenated alkanes) is 1. The molecule has 27 heavy (non-hydrogen) atoms. The standard InChI is InChI=1S/C20H28ClN3O3/c1-15(2)22-13-17(25)14-27-18-9-4-3-7-16(18)8-5-6-12-26-20-11-10-19(21)23-24-20/h3-4,7,9-11,15,17,22,25H,5-6,8,12-14H2,1-2H3.